The molecule has 3 nitrogen and oxygen atoms in total. The Hall–Kier alpha value is -0.560. The van der Waals surface area contributed by atoms with Gasteiger partial charge in [-0.3, -0.25) is 9.59 Å². The predicted molar refractivity (Wildman–Crippen MR) is 89.6 cm³/mol. The first-order chi connectivity index (χ1) is 8.70. The first-order valence-corrected chi connectivity index (χ1v) is 8.00. The minimum atomic E-state index is -0.151. The van der Waals surface area contributed by atoms with Crippen LogP contribution in [-0.2, 0) is 15.0 Å². The summed E-state index contributed by atoms with van der Waals surface area (Å²) in [7, 11) is 0. The molecular formula is C14H18INO2S. The molecule has 1 aromatic carbocycles. The van der Waals surface area contributed by atoms with Gasteiger partial charge in [-0.25, -0.2) is 0 Å². The summed E-state index contributed by atoms with van der Waals surface area (Å²) in [6, 6.07) is 6.02. The summed E-state index contributed by atoms with van der Waals surface area (Å²) in [5, 5.41) is 2.78. The van der Waals surface area contributed by atoms with Gasteiger partial charge in [0.05, 0.1) is 11.4 Å². The van der Waals surface area contributed by atoms with Crippen molar-refractivity contribution in [2.24, 2.45) is 0 Å². The van der Waals surface area contributed by atoms with Crippen LogP contribution in [0.15, 0.2) is 18.2 Å². The number of thioether (sulfide) groups is 1. The Labute approximate surface area is 132 Å². The quantitative estimate of drug-likeness (QED) is 0.798. The minimum Gasteiger partial charge on any atom is -0.324 e. The van der Waals surface area contributed by atoms with Gasteiger partial charge >= 0.3 is 0 Å². The lowest BCUT2D eigenvalue weighted by Gasteiger charge is -2.20. The molecule has 19 heavy (non-hydrogen) atoms. The van der Waals surface area contributed by atoms with Crippen molar-refractivity contribution >= 4 is 51.1 Å². The molecule has 0 fully saturated rings. The molecule has 0 aliphatic heterocycles. The van der Waals surface area contributed by atoms with Gasteiger partial charge in [0.15, 0.2) is 5.12 Å². The molecule has 1 amide bonds. The van der Waals surface area contributed by atoms with Crippen molar-refractivity contribution in [2.75, 3.05) is 11.1 Å². The van der Waals surface area contributed by atoms with E-state index >= 15 is 0 Å². The molecule has 0 saturated heterocycles. The van der Waals surface area contributed by atoms with E-state index in [0.29, 0.717) is 0 Å². The summed E-state index contributed by atoms with van der Waals surface area (Å²) >= 11 is 3.23. The summed E-state index contributed by atoms with van der Waals surface area (Å²) in [5.74, 6) is 0.00789. The Morgan fingerprint density at radius 3 is 2.42 bits per heavy atom. The summed E-state index contributed by atoms with van der Waals surface area (Å²) in [6.07, 6.45) is 0. The highest BCUT2D eigenvalue weighted by atomic mass is 127. The number of hydrogen-bond donors (Lipinski definition) is 1. The van der Waals surface area contributed by atoms with E-state index in [2.05, 4.69) is 54.7 Å². The van der Waals surface area contributed by atoms with Gasteiger partial charge in [0, 0.05) is 10.5 Å². The molecule has 5 heteroatoms. The number of nitrogens with one attached hydrogen (secondary N) is 1. The number of benzene rings is 1. The largest absolute Gasteiger partial charge is 0.324 e. The second-order valence-corrected chi connectivity index (χ2v) is 7.59. The molecule has 0 aromatic heterocycles. The van der Waals surface area contributed by atoms with Crippen molar-refractivity contribution in [3.8, 4) is 0 Å². The Morgan fingerprint density at radius 2 is 1.95 bits per heavy atom. The molecule has 1 rings (SSSR count). The number of carbonyl (C=O) groups is 2. The van der Waals surface area contributed by atoms with E-state index < -0.39 is 0 Å². The van der Waals surface area contributed by atoms with Gasteiger partial charge in [0.1, 0.15) is 0 Å². The fourth-order valence-corrected chi connectivity index (χ4v) is 2.49. The lowest BCUT2D eigenvalue weighted by atomic mass is 9.87. The van der Waals surface area contributed by atoms with Crippen LogP contribution in [0, 0.1) is 3.57 Å². The summed E-state index contributed by atoms with van der Waals surface area (Å²) in [4.78, 5) is 22.5. The molecule has 0 spiro atoms. The van der Waals surface area contributed by atoms with Crippen LogP contribution in [0.4, 0.5) is 5.69 Å². The van der Waals surface area contributed by atoms with Gasteiger partial charge in [-0.2, -0.15) is 0 Å². The number of anilines is 1. The van der Waals surface area contributed by atoms with Crippen molar-refractivity contribution < 1.29 is 9.59 Å². The highest BCUT2D eigenvalue weighted by Crippen LogP contribution is 2.27. The van der Waals surface area contributed by atoms with Crippen LogP contribution in [0.3, 0.4) is 0 Å². The lowest BCUT2D eigenvalue weighted by molar-refractivity contribution is -0.114. The van der Waals surface area contributed by atoms with Crippen LogP contribution < -0.4 is 5.32 Å². The molecule has 0 saturated carbocycles. The van der Waals surface area contributed by atoms with Crippen LogP contribution in [0.5, 0.6) is 0 Å². The number of rotatable bonds is 3. The minimum absolute atomic E-state index is 0.0482. The van der Waals surface area contributed by atoms with Crippen molar-refractivity contribution in [1.29, 1.82) is 0 Å². The summed E-state index contributed by atoms with van der Waals surface area (Å²) in [5.41, 5.74) is 2.11. The van der Waals surface area contributed by atoms with E-state index in [1.165, 1.54) is 12.5 Å². The fourth-order valence-electron chi connectivity index (χ4n) is 1.44. The first kappa shape index (κ1) is 16.5. The number of carbonyl (C=O) groups excluding carboxylic acids is 2. The van der Waals surface area contributed by atoms with Crippen LogP contribution in [-0.4, -0.2) is 16.8 Å². The molecule has 0 unspecified atom stereocenters. The molecule has 0 radical (unpaired) electrons. The maximum Gasteiger partial charge on any atom is 0.234 e. The van der Waals surface area contributed by atoms with Crippen LogP contribution in [0.2, 0.25) is 0 Å². The van der Waals surface area contributed by atoms with Gasteiger partial charge in [0.25, 0.3) is 0 Å². The van der Waals surface area contributed by atoms with Crippen LogP contribution in [0.25, 0.3) is 0 Å². The van der Waals surface area contributed by atoms with Crippen molar-refractivity contribution in [3.63, 3.8) is 0 Å². The third-order valence-corrected chi connectivity index (χ3v) is 4.22. The van der Waals surface area contributed by atoms with Gasteiger partial charge in [-0.15, -0.1) is 0 Å². The molecule has 104 valence electrons. The van der Waals surface area contributed by atoms with E-state index in [-0.39, 0.29) is 22.2 Å². The number of amides is 1. The van der Waals surface area contributed by atoms with Crippen LogP contribution in [0.1, 0.15) is 33.3 Å². The van der Waals surface area contributed by atoms with Gasteiger partial charge < -0.3 is 5.32 Å². The standard InChI is InChI=1S/C14H18INO2S/c1-9(17)19-8-13(18)16-12-6-5-10(7-11(12)15)14(2,3)4/h5-7H,8H2,1-4H3,(H,16,18). The van der Waals surface area contributed by atoms with Gasteiger partial charge in [0.2, 0.25) is 5.91 Å². The SMILES string of the molecule is CC(=O)SCC(=O)Nc1ccc(C(C)(C)C)cc1I. The van der Waals surface area contributed by atoms with Crippen molar-refractivity contribution in [2.45, 2.75) is 33.1 Å². The highest BCUT2D eigenvalue weighted by molar-refractivity contribution is 14.1. The second kappa shape index (κ2) is 6.74. The van der Waals surface area contributed by atoms with Crippen LogP contribution >= 0.6 is 34.4 Å². The third-order valence-electron chi connectivity index (χ3n) is 2.52. The number of halogens is 1. The average molecular weight is 391 g/mol. The summed E-state index contributed by atoms with van der Waals surface area (Å²) < 4.78 is 1.01. The molecular weight excluding hydrogens is 373 g/mol. The molecule has 1 aromatic rings. The Kier molecular flexibility index (Phi) is 5.85. The first-order valence-electron chi connectivity index (χ1n) is 5.93. The van der Waals surface area contributed by atoms with Crippen molar-refractivity contribution in [3.05, 3.63) is 27.3 Å². The zero-order chi connectivity index (χ0) is 14.6. The predicted octanol–water partition coefficient (Wildman–Crippen LogP) is 3.81. The average Bonchev–Trinajstić information content (AvgIpc) is 2.27. The fraction of sp³-hybridized carbons (Fsp3) is 0.429. The smallest absolute Gasteiger partial charge is 0.234 e. The zero-order valence-electron chi connectivity index (χ0n) is 11.5. The number of hydrogen-bond acceptors (Lipinski definition) is 3. The lowest BCUT2D eigenvalue weighted by Crippen LogP contribution is -2.17. The Morgan fingerprint density at radius 1 is 1.32 bits per heavy atom. The topological polar surface area (TPSA) is 46.2 Å². The van der Waals surface area contributed by atoms with E-state index in [1.54, 1.807) is 0 Å². The highest BCUT2D eigenvalue weighted by Gasteiger charge is 2.15. The maximum atomic E-state index is 11.7. The molecule has 0 bridgehead atoms. The zero-order valence-corrected chi connectivity index (χ0v) is 14.5. The van der Waals surface area contributed by atoms with E-state index in [4.69, 9.17) is 0 Å². The van der Waals surface area contributed by atoms with Gasteiger partial charge in [-0.1, -0.05) is 38.6 Å². The summed E-state index contributed by atoms with van der Waals surface area (Å²) in [6.45, 7) is 7.92. The molecule has 1 N–H and O–H groups in total. The monoisotopic (exact) mass is 391 g/mol. The maximum absolute atomic E-state index is 11.7. The Bertz CT molecular complexity index is 495. The van der Waals surface area contributed by atoms with Gasteiger partial charge in [-0.05, 0) is 45.7 Å². The molecule has 0 atom stereocenters. The molecule has 0 heterocycles. The third kappa shape index (κ3) is 5.52. The normalized spacial score (nSPS) is 11.2. The second-order valence-electron chi connectivity index (χ2n) is 5.27. The Balaban J connectivity index is 2.75. The molecule has 0 aliphatic carbocycles. The van der Waals surface area contributed by atoms with Crippen molar-refractivity contribution in [1.82, 2.24) is 0 Å². The molecule has 0 aliphatic rings. The van der Waals surface area contributed by atoms with E-state index in [0.717, 1.165) is 21.0 Å². The van der Waals surface area contributed by atoms with E-state index in [9.17, 15) is 9.59 Å². The van der Waals surface area contributed by atoms with E-state index in [1.807, 2.05) is 12.1 Å².